The van der Waals surface area contributed by atoms with E-state index in [4.69, 9.17) is 32.5 Å². The van der Waals surface area contributed by atoms with E-state index in [1.807, 2.05) is 18.2 Å². The molecule has 2 atom stereocenters. The average Bonchev–Trinajstić information content (AvgIpc) is 3.37. The Labute approximate surface area is 169 Å². The third-order valence-corrected chi connectivity index (χ3v) is 6.48. The zero-order chi connectivity index (χ0) is 19.2. The standard InChI is InChI=1S/C21H25Cl2NO3/c1-21(2)10-13(8-9-17(21)25)26-11-14-19(24-27-20(14)12-6-7-12)18-15(22)4-3-5-16(18)23/h3-5,12-13,17,25H,6-11H2,1-2H3. The van der Waals surface area contributed by atoms with Gasteiger partial charge in [0.1, 0.15) is 11.5 Å². The number of aliphatic hydroxyl groups is 1. The number of hydrogen-bond donors (Lipinski definition) is 1. The predicted octanol–water partition coefficient (Wildman–Crippen LogP) is 5.98. The summed E-state index contributed by atoms with van der Waals surface area (Å²) < 4.78 is 12.0. The first-order chi connectivity index (χ1) is 12.9. The fourth-order valence-corrected chi connectivity index (χ4v) is 4.53. The molecule has 2 aliphatic rings. The summed E-state index contributed by atoms with van der Waals surface area (Å²) in [5.74, 6) is 1.31. The summed E-state index contributed by atoms with van der Waals surface area (Å²) in [6.45, 7) is 4.61. The van der Waals surface area contributed by atoms with E-state index in [9.17, 15) is 5.11 Å². The summed E-state index contributed by atoms with van der Waals surface area (Å²) in [7, 11) is 0. The van der Waals surface area contributed by atoms with Gasteiger partial charge in [0.2, 0.25) is 0 Å². The van der Waals surface area contributed by atoms with Crippen molar-refractivity contribution in [1.29, 1.82) is 0 Å². The molecule has 0 radical (unpaired) electrons. The van der Waals surface area contributed by atoms with Crippen LogP contribution < -0.4 is 0 Å². The molecule has 0 spiro atoms. The number of benzene rings is 1. The second kappa shape index (κ2) is 7.40. The smallest absolute Gasteiger partial charge is 0.145 e. The molecular formula is C21H25Cl2NO3. The lowest BCUT2D eigenvalue weighted by molar-refractivity contribution is -0.0727. The highest BCUT2D eigenvalue weighted by Crippen LogP contribution is 2.46. The van der Waals surface area contributed by atoms with E-state index >= 15 is 0 Å². The van der Waals surface area contributed by atoms with Crippen molar-refractivity contribution in [2.45, 2.75) is 70.7 Å². The first-order valence-electron chi connectivity index (χ1n) is 9.59. The molecule has 1 N–H and O–H groups in total. The van der Waals surface area contributed by atoms with Crippen LogP contribution >= 0.6 is 23.2 Å². The van der Waals surface area contributed by atoms with Crippen LogP contribution in [-0.4, -0.2) is 22.5 Å². The number of hydrogen-bond acceptors (Lipinski definition) is 4. The van der Waals surface area contributed by atoms with Crippen molar-refractivity contribution >= 4 is 23.2 Å². The van der Waals surface area contributed by atoms with E-state index in [1.54, 1.807) is 0 Å². The third-order valence-electron chi connectivity index (χ3n) is 5.85. The highest BCUT2D eigenvalue weighted by atomic mass is 35.5. The quantitative estimate of drug-likeness (QED) is 0.659. The van der Waals surface area contributed by atoms with Gasteiger partial charge in [0.05, 0.1) is 28.9 Å². The molecule has 0 aliphatic heterocycles. The molecular weight excluding hydrogens is 385 g/mol. The minimum atomic E-state index is -0.271. The van der Waals surface area contributed by atoms with Gasteiger partial charge in [0.25, 0.3) is 0 Å². The molecule has 4 rings (SSSR count). The molecule has 2 fully saturated rings. The average molecular weight is 410 g/mol. The van der Waals surface area contributed by atoms with Crippen LogP contribution in [0.1, 0.15) is 63.2 Å². The maximum atomic E-state index is 10.2. The zero-order valence-corrected chi connectivity index (χ0v) is 17.2. The Kier molecular flexibility index (Phi) is 5.28. The first-order valence-corrected chi connectivity index (χ1v) is 10.3. The van der Waals surface area contributed by atoms with Gasteiger partial charge in [0, 0.05) is 17.0 Å². The molecule has 0 amide bonds. The second-order valence-electron chi connectivity index (χ2n) is 8.46. The Hall–Kier alpha value is -1.07. The van der Waals surface area contributed by atoms with E-state index < -0.39 is 0 Å². The van der Waals surface area contributed by atoms with Gasteiger partial charge in [-0.15, -0.1) is 0 Å². The number of ether oxygens (including phenoxy) is 1. The van der Waals surface area contributed by atoms with Gasteiger partial charge in [-0.2, -0.15) is 0 Å². The number of nitrogens with zero attached hydrogens (tertiary/aromatic N) is 1. The van der Waals surface area contributed by atoms with Crippen molar-refractivity contribution in [2.75, 3.05) is 0 Å². The van der Waals surface area contributed by atoms with Crippen LogP contribution in [0.3, 0.4) is 0 Å². The van der Waals surface area contributed by atoms with E-state index in [-0.39, 0.29) is 17.6 Å². The van der Waals surface area contributed by atoms with Crippen LogP contribution in [0.2, 0.25) is 10.0 Å². The number of rotatable bonds is 5. The van der Waals surface area contributed by atoms with Crippen molar-refractivity contribution in [3.8, 4) is 11.3 Å². The number of halogens is 2. The molecule has 2 unspecified atom stereocenters. The van der Waals surface area contributed by atoms with Crippen molar-refractivity contribution in [1.82, 2.24) is 5.16 Å². The van der Waals surface area contributed by atoms with Crippen molar-refractivity contribution < 1.29 is 14.4 Å². The third kappa shape index (κ3) is 3.91. The van der Waals surface area contributed by atoms with Gasteiger partial charge in [-0.05, 0) is 49.7 Å². The minimum absolute atomic E-state index is 0.111. The summed E-state index contributed by atoms with van der Waals surface area (Å²) in [5.41, 5.74) is 2.21. The summed E-state index contributed by atoms with van der Waals surface area (Å²) in [4.78, 5) is 0. The molecule has 0 saturated heterocycles. The van der Waals surface area contributed by atoms with Crippen LogP contribution in [0.4, 0.5) is 0 Å². The predicted molar refractivity (Wildman–Crippen MR) is 106 cm³/mol. The molecule has 4 nitrogen and oxygen atoms in total. The van der Waals surface area contributed by atoms with Crippen LogP contribution in [0.5, 0.6) is 0 Å². The topological polar surface area (TPSA) is 55.5 Å². The fraction of sp³-hybridized carbons (Fsp3) is 0.571. The molecule has 2 aliphatic carbocycles. The number of aliphatic hydroxyl groups excluding tert-OH is 1. The largest absolute Gasteiger partial charge is 0.393 e. The zero-order valence-electron chi connectivity index (χ0n) is 15.7. The van der Waals surface area contributed by atoms with Crippen LogP contribution in [-0.2, 0) is 11.3 Å². The van der Waals surface area contributed by atoms with Gasteiger partial charge in [-0.3, -0.25) is 0 Å². The molecule has 2 aromatic rings. The van der Waals surface area contributed by atoms with Gasteiger partial charge < -0.3 is 14.4 Å². The highest BCUT2D eigenvalue weighted by molar-refractivity contribution is 6.39. The lowest BCUT2D eigenvalue weighted by Gasteiger charge is -2.39. The minimum Gasteiger partial charge on any atom is -0.393 e. The molecule has 1 heterocycles. The van der Waals surface area contributed by atoms with E-state index in [2.05, 4.69) is 19.0 Å². The highest BCUT2D eigenvalue weighted by Gasteiger charge is 2.37. The Morgan fingerprint density at radius 3 is 2.52 bits per heavy atom. The van der Waals surface area contributed by atoms with E-state index in [1.165, 1.54) is 0 Å². The lowest BCUT2D eigenvalue weighted by Crippen LogP contribution is -2.39. The summed E-state index contributed by atoms with van der Waals surface area (Å²) in [6, 6.07) is 5.44. The Morgan fingerprint density at radius 1 is 1.19 bits per heavy atom. The molecule has 1 aromatic carbocycles. The normalized spacial score (nSPS) is 24.9. The van der Waals surface area contributed by atoms with Gasteiger partial charge >= 0.3 is 0 Å². The lowest BCUT2D eigenvalue weighted by atomic mass is 9.74. The van der Waals surface area contributed by atoms with Crippen LogP contribution in [0, 0.1) is 5.41 Å². The van der Waals surface area contributed by atoms with E-state index in [0.717, 1.165) is 43.4 Å². The van der Waals surface area contributed by atoms with Crippen LogP contribution in [0.25, 0.3) is 11.3 Å². The van der Waals surface area contributed by atoms with E-state index in [0.29, 0.717) is 33.8 Å². The van der Waals surface area contributed by atoms with Gasteiger partial charge in [-0.25, -0.2) is 0 Å². The summed E-state index contributed by atoms with van der Waals surface area (Å²) >= 11 is 12.8. The van der Waals surface area contributed by atoms with Crippen molar-refractivity contribution in [2.24, 2.45) is 5.41 Å². The Morgan fingerprint density at radius 2 is 1.89 bits per heavy atom. The van der Waals surface area contributed by atoms with Gasteiger partial charge in [-0.1, -0.05) is 48.3 Å². The Balaban J connectivity index is 1.60. The monoisotopic (exact) mass is 409 g/mol. The molecule has 0 bridgehead atoms. The fourth-order valence-electron chi connectivity index (χ4n) is 3.95. The molecule has 146 valence electrons. The number of aromatic nitrogens is 1. The molecule has 27 heavy (non-hydrogen) atoms. The summed E-state index contributed by atoms with van der Waals surface area (Å²) in [6.07, 6.45) is 4.52. The molecule has 2 saturated carbocycles. The first kappa shape index (κ1) is 19.3. The second-order valence-corrected chi connectivity index (χ2v) is 9.28. The Bertz CT molecular complexity index is 809. The van der Waals surface area contributed by atoms with Crippen LogP contribution in [0.15, 0.2) is 22.7 Å². The summed E-state index contributed by atoms with van der Waals surface area (Å²) in [5, 5.41) is 15.6. The van der Waals surface area contributed by atoms with Crippen molar-refractivity contribution in [3.63, 3.8) is 0 Å². The van der Waals surface area contributed by atoms with Gasteiger partial charge in [0.15, 0.2) is 0 Å². The van der Waals surface area contributed by atoms with Crippen molar-refractivity contribution in [3.05, 3.63) is 39.6 Å². The maximum Gasteiger partial charge on any atom is 0.145 e. The maximum absolute atomic E-state index is 10.2. The molecule has 1 aromatic heterocycles. The molecule has 6 heteroatoms. The SMILES string of the molecule is CC1(C)CC(OCc2c(-c3c(Cl)cccc3Cl)noc2C2CC2)CCC1O.